The Morgan fingerprint density at radius 3 is 2.14 bits per heavy atom. The molecule has 1 aromatic rings. The van der Waals surface area contributed by atoms with Gasteiger partial charge in [0.1, 0.15) is 0 Å². The first-order valence-electron chi connectivity index (χ1n) is 5.71. The van der Waals surface area contributed by atoms with E-state index in [4.69, 9.17) is 15.3 Å². The molecule has 0 saturated heterocycles. The van der Waals surface area contributed by atoms with Gasteiger partial charge in [0, 0.05) is 0 Å². The summed E-state index contributed by atoms with van der Waals surface area (Å²) in [6, 6.07) is 3.38. The van der Waals surface area contributed by atoms with Crippen molar-refractivity contribution >= 4 is 23.8 Å². The van der Waals surface area contributed by atoms with Gasteiger partial charge in [-0.1, -0.05) is 12.1 Å². The molecule has 0 aromatic heterocycles. The summed E-state index contributed by atoms with van der Waals surface area (Å²) in [5.41, 5.74) is -3.40. The highest BCUT2D eigenvalue weighted by molar-refractivity contribution is 6.16. The van der Waals surface area contributed by atoms with Crippen LogP contribution in [0.4, 0.5) is 0 Å². The number of carboxylic acid groups (broad SMARTS) is 2. The van der Waals surface area contributed by atoms with Gasteiger partial charge in [0.2, 0.25) is 5.78 Å². The second kappa shape index (κ2) is 6.24. The summed E-state index contributed by atoms with van der Waals surface area (Å²) in [4.78, 5) is 33.2. The fourth-order valence-corrected chi connectivity index (χ4v) is 1.48. The van der Waals surface area contributed by atoms with Crippen LogP contribution in [0.25, 0.3) is 6.08 Å². The van der Waals surface area contributed by atoms with Gasteiger partial charge in [0.25, 0.3) is 5.60 Å². The Bertz CT molecular complexity index is 649. The molecule has 0 heterocycles. The number of carbonyl (C=O) groups is 3. The molecule has 1 rings (SSSR count). The van der Waals surface area contributed by atoms with Gasteiger partial charge in [0.05, 0.1) is 0 Å². The minimum absolute atomic E-state index is 0.154. The van der Waals surface area contributed by atoms with Crippen LogP contribution in [0.15, 0.2) is 24.3 Å². The molecule has 2 atom stereocenters. The van der Waals surface area contributed by atoms with Gasteiger partial charge in [0.15, 0.2) is 17.6 Å². The number of aliphatic hydroxyl groups excluding tert-OH is 1. The van der Waals surface area contributed by atoms with Crippen LogP contribution in [0.3, 0.4) is 0 Å². The highest BCUT2D eigenvalue weighted by Gasteiger charge is 2.53. The number of carbonyl (C=O) groups excluding carboxylic acids is 1. The second-order valence-corrected chi connectivity index (χ2v) is 4.26. The van der Waals surface area contributed by atoms with E-state index in [9.17, 15) is 29.7 Å². The highest BCUT2D eigenvalue weighted by Crippen LogP contribution is 2.25. The number of carboxylic acids is 2. The van der Waals surface area contributed by atoms with E-state index in [1.54, 1.807) is 0 Å². The molecule has 0 aliphatic carbocycles. The summed E-state index contributed by atoms with van der Waals surface area (Å²) >= 11 is 0. The molecule has 0 bridgehead atoms. The Kier molecular flexibility index (Phi) is 4.87. The molecule has 9 nitrogen and oxygen atoms in total. The van der Waals surface area contributed by atoms with Crippen molar-refractivity contribution in [3.05, 3.63) is 29.8 Å². The van der Waals surface area contributed by atoms with E-state index in [2.05, 4.69) is 0 Å². The molecule has 0 fully saturated rings. The van der Waals surface area contributed by atoms with Crippen molar-refractivity contribution in [2.45, 2.75) is 11.7 Å². The smallest absolute Gasteiger partial charge is 0.347 e. The first-order valence-corrected chi connectivity index (χ1v) is 5.71. The van der Waals surface area contributed by atoms with E-state index in [0.717, 1.165) is 18.2 Å². The maximum absolute atomic E-state index is 11.7. The third-order valence-electron chi connectivity index (χ3n) is 2.76. The Balaban J connectivity index is 3.11. The largest absolute Gasteiger partial charge is 0.504 e. The molecule has 9 heteroatoms. The lowest BCUT2D eigenvalue weighted by Gasteiger charge is -2.22. The van der Waals surface area contributed by atoms with Crippen molar-refractivity contribution in [2.75, 3.05) is 0 Å². The minimum Gasteiger partial charge on any atom is -0.504 e. The van der Waals surface area contributed by atoms with Crippen molar-refractivity contribution in [3.63, 3.8) is 0 Å². The van der Waals surface area contributed by atoms with Crippen LogP contribution in [-0.4, -0.2) is 60.1 Å². The van der Waals surface area contributed by atoms with Crippen LogP contribution >= 0.6 is 0 Å². The normalized spacial score (nSPS) is 15.2. The molecular formula is C13H12O9. The zero-order valence-electron chi connectivity index (χ0n) is 10.9. The number of ketones is 1. The van der Waals surface area contributed by atoms with Crippen LogP contribution in [-0.2, 0) is 14.4 Å². The lowest BCUT2D eigenvalue weighted by molar-refractivity contribution is -0.184. The maximum Gasteiger partial charge on any atom is 0.347 e. The van der Waals surface area contributed by atoms with Gasteiger partial charge in [-0.2, -0.15) is 0 Å². The number of benzene rings is 1. The van der Waals surface area contributed by atoms with Gasteiger partial charge in [-0.3, -0.25) is 4.79 Å². The molecule has 0 radical (unpaired) electrons. The van der Waals surface area contributed by atoms with Crippen LogP contribution in [0.5, 0.6) is 11.5 Å². The molecule has 0 aliphatic rings. The minimum atomic E-state index is -3.55. The van der Waals surface area contributed by atoms with Crippen LogP contribution in [0, 0.1) is 0 Å². The number of hydrogen-bond donors (Lipinski definition) is 6. The first kappa shape index (κ1) is 17.1. The van der Waals surface area contributed by atoms with Crippen molar-refractivity contribution in [1.82, 2.24) is 0 Å². The van der Waals surface area contributed by atoms with Gasteiger partial charge < -0.3 is 30.6 Å². The summed E-state index contributed by atoms with van der Waals surface area (Å²) in [6.45, 7) is 0. The first-order chi connectivity index (χ1) is 10.1. The van der Waals surface area contributed by atoms with Crippen LogP contribution < -0.4 is 0 Å². The molecule has 0 spiro atoms. The highest BCUT2D eigenvalue weighted by atomic mass is 16.4. The number of aromatic hydroxyl groups is 2. The quantitative estimate of drug-likeness (QED) is 0.217. The predicted octanol–water partition coefficient (Wildman–Crippen LogP) is -1.06. The number of phenolic OH excluding ortho intramolecular Hbond substituents is 2. The third-order valence-corrected chi connectivity index (χ3v) is 2.76. The maximum atomic E-state index is 11.7. The Labute approximate surface area is 123 Å². The standard InChI is InChI=1S/C13H12O9/c14-7-3-1-6(5-8(7)15)2-4-9(16)13(22,12(20)21)10(17)11(18)19/h1-5,10,14-15,17,22H,(H,18,19)(H,20,21). The molecule has 118 valence electrons. The monoisotopic (exact) mass is 312 g/mol. The number of phenols is 2. The molecular weight excluding hydrogens is 300 g/mol. The number of aliphatic hydroxyl groups is 2. The summed E-state index contributed by atoms with van der Waals surface area (Å²) in [7, 11) is 0. The van der Waals surface area contributed by atoms with Crippen molar-refractivity contribution in [2.24, 2.45) is 0 Å². The lowest BCUT2D eigenvalue weighted by Crippen LogP contribution is -2.58. The van der Waals surface area contributed by atoms with E-state index in [-0.39, 0.29) is 5.56 Å². The van der Waals surface area contributed by atoms with Gasteiger partial charge in [-0.25, -0.2) is 9.59 Å². The van der Waals surface area contributed by atoms with Crippen molar-refractivity contribution in [3.8, 4) is 11.5 Å². The van der Waals surface area contributed by atoms with E-state index < -0.39 is 40.9 Å². The van der Waals surface area contributed by atoms with Gasteiger partial charge >= 0.3 is 11.9 Å². The third kappa shape index (κ3) is 3.22. The Morgan fingerprint density at radius 1 is 1.09 bits per heavy atom. The Morgan fingerprint density at radius 2 is 1.68 bits per heavy atom. The van der Waals surface area contributed by atoms with E-state index in [1.165, 1.54) is 6.07 Å². The number of aliphatic carboxylic acids is 2. The molecule has 6 N–H and O–H groups in total. The van der Waals surface area contributed by atoms with Crippen LogP contribution in [0.2, 0.25) is 0 Å². The number of hydrogen-bond acceptors (Lipinski definition) is 7. The average molecular weight is 312 g/mol. The van der Waals surface area contributed by atoms with E-state index in [0.29, 0.717) is 6.08 Å². The lowest BCUT2D eigenvalue weighted by atomic mass is 9.91. The average Bonchev–Trinajstić information content (AvgIpc) is 2.45. The number of rotatable bonds is 6. The van der Waals surface area contributed by atoms with E-state index >= 15 is 0 Å². The van der Waals surface area contributed by atoms with Crippen molar-refractivity contribution in [1.29, 1.82) is 0 Å². The van der Waals surface area contributed by atoms with Crippen LogP contribution in [0.1, 0.15) is 5.56 Å². The Hall–Kier alpha value is -2.91. The zero-order chi connectivity index (χ0) is 17.1. The van der Waals surface area contributed by atoms with Gasteiger partial charge in [-0.15, -0.1) is 0 Å². The van der Waals surface area contributed by atoms with Crippen molar-refractivity contribution < 1.29 is 45.0 Å². The topological polar surface area (TPSA) is 173 Å². The summed E-state index contributed by atoms with van der Waals surface area (Å²) in [6.07, 6.45) is -1.37. The molecule has 0 saturated carbocycles. The molecule has 22 heavy (non-hydrogen) atoms. The molecule has 2 unspecified atom stereocenters. The SMILES string of the molecule is O=C(O)C(O)C(O)(C(=O)O)C(=O)C=Cc1ccc(O)c(O)c1. The van der Waals surface area contributed by atoms with E-state index in [1.807, 2.05) is 0 Å². The fraction of sp³-hybridized carbons (Fsp3) is 0.154. The second-order valence-electron chi connectivity index (χ2n) is 4.26. The fourth-order valence-electron chi connectivity index (χ4n) is 1.48. The zero-order valence-corrected chi connectivity index (χ0v) is 10.9. The summed E-state index contributed by atoms with van der Waals surface area (Å²) < 4.78 is 0. The van der Waals surface area contributed by atoms with Gasteiger partial charge in [-0.05, 0) is 23.8 Å². The molecule has 0 aliphatic heterocycles. The molecule has 1 aromatic carbocycles. The summed E-state index contributed by atoms with van der Waals surface area (Å²) in [5, 5.41) is 54.6. The molecule has 0 amide bonds. The predicted molar refractivity (Wildman–Crippen MR) is 70.0 cm³/mol. The summed E-state index contributed by atoms with van der Waals surface area (Å²) in [5.74, 6) is -6.83.